The van der Waals surface area contributed by atoms with E-state index in [1.165, 1.54) is 11.3 Å². The van der Waals surface area contributed by atoms with Crippen molar-refractivity contribution in [2.75, 3.05) is 7.11 Å². The summed E-state index contributed by atoms with van der Waals surface area (Å²) in [6.07, 6.45) is 3.12. The van der Waals surface area contributed by atoms with Crippen molar-refractivity contribution in [3.63, 3.8) is 0 Å². The number of ether oxygens (including phenoxy) is 1. The summed E-state index contributed by atoms with van der Waals surface area (Å²) in [5, 5.41) is 11.3. The van der Waals surface area contributed by atoms with Gasteiger partial charge in [0, 0.05) is 10.9 Å². The third kappa shape index (κ3) is 3.17. The Balaban J connectivity index is 2.39. The summed E-state index contributed by atoms with van der Waals surface area (Å²) in [6, 6.07) is 5.84. The summed E-state index contributed by atoms with van der Waals surface area (Å²) in [6.45, 7) is 2.14. The second-order valence-corrected chi connectivity index (χ2v) is 5.33. The topological polar surface area (TPSA) is 59.4 Å². The lowest BCUT2D eigenvalue weighted by Gasteiger charge is -2.09. The van der Waals surface area contributed by atoms with E-state index in [9.17, 15) is 4.79 Å². The van der Waals surface area contributed by atoms with Gasteiger partial charge in [-0.15, -0.1) is 11.3 Å². The number of unbranched alkanes of at least 4 members (excludes halogenated alkanes) is 1. The molecule has 5 heteroatoms. The Morgan fingerprint density at radius 3 is 2.85 bits per heavy atom. The van der Waals surface area contributed by atoms with Crippen molar-refractivity contribution in [2.24, 2.45) is 0 Å². The van der Waals surface area contributed by atoms with Gasteiger partial charge in [-0.05, 0) is 36.6 Å². The van der Waals surface area contributed by atoms with Gasteiger partial charge in [-0.1, -0.05) is 13.3 Å². The number of carbonyl (C=O) groups is 1. The lowest BCUT2D eigenvalue weighted by molar-refractivity contribution is 0.0691. The van der Waals surface area contributed by atoms with Crippen molar-refractivity contribution >= 4 is 17.3 Å². The largest absolute Gasteiger partial charge is 0.497 e. The molecule has 1 heterocycles. The first-order valence-corrected chi connectivity index (χ1v) is 7.39. The molecule has 0 saturated heterocycles. The summed E-state index contributed by atoms with van der Waals surface area (Å²) in [5.41, 5.74) is 2.25. The molecule has 0 aliphatic rings. The molecule has 1 N–H and O–H groups in total. The number of nitrogens with zero attached hydrogens (tertiary/aromatic N) is 1. The van der Waals surface area contributed by atoms with E-state index >= 15 is 0 Å². The molecule has 0 amide bonds. The molecule has 1 aromatic carbocycles. The molecule has 4 nitrogen and oxygen atoms in total. The lowest BCUT2D eigenvalue weighted by atomic mass is 10.0. The minimum atomic E-state index is -0.990. The molecule has 0 aliphatic heterocycles. The molecular weight excluding hydrogens is 274 g/mol. The first kappa shape index (κ1) is 14.5. The molecule has 106 valence electrons. The molecule has 1 aromatic heterocycles. The van der Waals surface area contributed by atoms with E-state index in [0.717, 1.165) is 41.1 Å². The normalized spacial score (nSPS) is 10.5. The second kappa shape index (κ2) is 6.52. The lowest BCUT2D eigenvalue weighted by Crippen LogP contribution is -1.97. The molecule has 0 fully saturated rings. The van der Waals surface area contributed by atoms with Crippen molar-refractivity contribution in [3.8, 4) is 16.3 Å². The summed E-state index contributed by atoms with van der Waals surface area (Å²) in [4.78, 5) is 15.1. The Morgan fingerprint density at radius 1 is 1.45 bits per heavy atom. The van der Waals surface area contributed by atoms with E-state index in [2.05, 4.69) is 11.9 Å². The highest BCUT2D eigenvalue weighted by Gasteiger charge is 2.13. The standard InChI is InChI=1S/C15H17NO3S/c1-3-4-5-10-8-11(19-2)6-7-12(10)14-16-13(9-20-14)15(17)18/h6-9H,3-5H2,1-2H3,(H,17,18). The number of hydrogen-bond acceptors (Lipinski definition) is 4. The third-order valence-electron chi connectivity index (χ3n) is 3.07. The van der Waals surface area contributed by atoms with Gasteiger partial charge in [-0.25, -0.2) is 9.78 Å². The Hall–Kier alpha value is -1.88. The molecule has 0 atom stereocenters. The molecule has 2 aromatic rings. The molecular formula is C15H17NO3S. The van der Waals surface area contributed by atoms with E-state index in [1.807, 2.05) is 18.2 Å². The average molecular weight is 291 g/mol. The van der Waals surface area contributed by atoms with Gasteiger partial charge in [0.15, 0.2) is 5.69 Å². The molecule has 0 radical (unpaired) electrons. The van der Waals surface area contributed by atoms with E-state index < -0.39 is 5.97 Å². The van der Waals surface area contributed by atoms with Gasteiger partial charge in [-0.3, -0.25) is 0 Å². The Kier molecular flexibility index (Phi) is 4.74. The van der Waals surface area contributed by atoms with Crippen LogP contribution in [0.1, 0.15) is 35.8 Å². The molecule has 0 aliphatic carbocycles. The summed E-state index contributed by atoms with van der Waals surface area (Å²) >= 11 is 1.36. The van der Waals surface area contributed by atoms with E-state index in [4.69, 9.17) is 9.84 Å². The van der Waals surface area contributed by atoms with Crippen molar-refractivity contribution in [2.45, 2.75) is 26.2 Å². The predicted molar refractivity (Wildman–Crippen MR) is 79.7 cm³/mol. The Morgan fingerprint density at radius 2 is 2.25 bits per heavy atom. The van der Waals surface area contributed by atoms with Crippen LogP contribution < -0.4 is 4.74 Å². The van der Waals surface area contributed by atoms with E-state index in [-0.39, 0.29) is 5.69 Å². The van der Waals surface area contributed by atoms with Crippen molar-refractivity contribution in [1.29, 1.82) is 0 Å². The zero-order valence-electron chi connectivity index (χ0n) is 11.5. The minimum absolute atomic E-state index is 0.0993. The first-order chi connectivity index (χ1) is 9.65. The quantitative estimate of drug-likeness (QED) is 0.878. The van der Waals surface area contributed by atoms with Crippen LogP contribution in [0.5, 0.6) is 5.75 Å². The number of hydrogen-bond donors (Lipinski definition) is 1. The number of aromatic carboxylic acids is 1. The zero-order valence-corrected chi connectivity index (χ0v) is 12.4. The summed E-state index contributed by atoms with van der Waals surface area (Å²) < 4.78 is 5.26. The number of carboxylic acid groups (broad SMARTS) is 1. The number of rotatable bonds is 6. The van der Waals surface area contributed by atoms with Gasteiger partial charge >= 0.3 is 5.97 Å². The van der Waals surface area contributed by atoms with Crippen molar-refractivity contribution in [1.82, 2.24) is 4.98 Å². The fourth-order valence-corrected chi connectivity index (χ4v) is 2.83. The molecule has 20 heavy (non-hydrogen) atoms. The van der Waals surface area contributed by atoms with Crippen LogP contribution in [-0.2, 0) is 6.42 Å². The molecule has 0 bridgehead atoms. The van der Waals surface area contributed by atoms with Gasteiger partial charge in [0.1, 0.15) is 10.8 Å². The summed E-state index contributed by atoms with van der Waals surface area (Å²) in [7, 11) is 1.64. The summed E-state index contributed by atoms with van der Waals surface area (Å²) in [5.74, 6) is -0.175. The van der Waals surface area contributed by atoms with Crippen molar-refractivity contribution < 1.29 is 14.6 Å². The minimum Gasteiger partial charge on any atom is -0.497 e. The maximum Gasteiger partial charge on any atom is 0.355 e. The predicted octanol–water partition coefficient (Wildman–Crippen LogP) is 3.86. The number of aromatic nitrogens is 1. The number of thiazole rings is 1. The third-order valence-corrected chi connectivity index (χ3v) is 3.94. The van der Waals surface area contributed by atoms with Crippen LogP contribution in [0.3, 0.4) is 0 Å². The highest BCUT2D eigenvalue weighted by Crippen LogP contribution is 2.31. The maximum absolute atomic E-state index is 10.9. The van der Waals surface area contributed by atoms with Gasteiger partial charge in [0.25, 0.3) is 0 Å². The smallest absolute Gasteiger partial charge is 0.355 e. The van der Waals surface area contributed by atoms with Crippen LogP contribution in [0.25, 0.3) is 10.6 Å². The maximum atomic E-state index is 10.9. The average Bonchev–Trinajstić information content (AvgIpc) is 2.94. The number of methoxy groups -OCH3 is 1. The zero-order chi connectivity index (χ0) is 14.5. The van der Waals surface area contributed by atoms with Crippen LogP contribution in [0.4, 0.5) is 0 Å². The Labute approximate surface area is 122 Å². The van der Waals surface area contributed by atoms with Crippen LogP contribution in [-0.4, -0.2) is 23.2 Å². The fourth-order valence-electron chi connectivity index (χ4n) is 1.98. The monoisotopic (exact) mass is 291 g/mol. The molecule has 0 saturated carbocycles. The molecule has 0 unspecified atom stereocenters. The van der Waals surface area contributed by atoms with Gasteiger partial charge < -0.3 is 9.84 Å². The van der Waals surface area contributed by atoms with Crippen LogP contribution >= 0.6 is 11.3 Å². The highest BCUT2D eigenvalue weighted by molar-refractivity contribution is 7.13. The van der Waals surface area contributed by atoms with Gasteiger partial charge in [0.2, 0.25) is 0 Å². The number of aryl methyl sites for hydroxylation is 1. The highest BCUT2D eigenvalue weighted by atomic mass is 32.1. The first-order valence-electron chi connectivity index (χ1n) is 6.51. The number of carboxylic acids is 1. The Bertz CT molecular complexity index is 607. The van der Waals surface area contributed by atoms with Crippen LogP contribution in [0.2, 0.25) is 0 Å². The van der Waals surface area contributed by atoms with E-state index in [0.29, 0.717) is 0 Å². The second-order valence-electron chi connectivity index (χ2n) is 4.47. The van der Waals surface area contributed by atoms with Crippen LogP contribution in [0.15, 0.2) is 23.6 Å². The van der Waals surface area contributed by atoms with E-state index in [1.54, 1.807) is 12.5 Å². The number of benzene rings is 1. The van der Waals surface area contributed by atoms with Gasteiger partial charge in [-0.2, -0.15) is 0 Å². The van der Waals surface area contributed by atoms with Crippen LogP contribution in [0, 0.1) is 0 Å². The van der Waals surface area contributed by atoms with Crippen molar-refractivity contribution in [3.05, 3.63) is 34.8 Å². The SMILES string of the molecule is CCCCc1cc(OC)ccc1-c1nc(C(=O)O)cs1. The molecule has 0 spiro atoms. The molecule has 2 rings (SSSR count). The van der Waals surface area contributed by atoms with Gasteiger partial charge in [0.05, 0.1) is 7.11 Å². The fraction of sp³-hybridized carbons (Fsp3) is 0.333.